The van der Waals surface area contributed by atoms with Crippen molar-refractivity contribution in [3.05, 3.63) is 35.4 Å². The van der Waals surface area contributed by atoms with Crippen molar-refractivity contribution in [2.75, 3.05) is 18.9 Å². The summed E-state index contributed by atoms with van der Waals surface area (Å²) in [7, 11) is 0. The summed E-state index contributed by atoms with van der Waals surface area (Å²) in [6.45, 7) is 5.87. The number of nitrogens with one attached hydrogen (secondary N) is 1. The topological polar surface area (TPSA) is 134 Å². The van der Waals surface area contributed by atoms with Crippen molar-refractivity contribution in [1.29, 1.82) is 10.5 Å². The zero-order chi connectivity index (χ0) is 21.6. The zero-order valence-corrected chi connectivity index (χ0v) is 17.2. The lowest BCUT2D eigenvalue weighted by Crippen LogP contribution is -2.34. The number of benzene rings is 1. The van der Waals surface area contributed by atoms with Crippen LogP contribution in [0.25, 0.3) is 11.1 Å². The van der Waals surface area contributed by atoms with Gasteiger partial charge in [0, 0.05) is 5.56 Å². The highest BCUT2D eigenvalue weighted by Gasteiger charge is 2.19. The van der Waals surface area contributed by atoms with Gasteiger partial charge in [-0.3, -0.25) is 0 Å². The van der Waals surface area contributed by atoms with Crippen LogP contribution in [0.2, 0.25) is 0 Å². The number of nitrogen functional groups attached to an aromatic ring is 1. The van der Waals surface area contributed by atoms with Gasteiger partial charge in [0.05, 0.1) is 12.1 Å². The summed E-state index contributed by atoms with van der Waals surface area (Å²) in [6, 6.07) is 10.8. The van der Waals surface area contributed by atoms with Gasteiger partial charge in [0.25, 0.3) is 0 Å². The Hall–Kier alpha value is -3.43. The molecule has 3 N–H and O–H groups in total. The van der Waals surface area contributed by atoms with Crippen LogP contribution in [-0.4, -0.2) is 29.8 Å². The van der Waals surface area contributed by atoms with Crippen LogP contribution in [0.1, 0.15) is 31.9 Å². The van der Waals surface area contributed by atoms with E-state index < -0.39 is 11.7 Å². The number of carbonyl (C=O) groups excluding carboxylic acids is 1. The van der Waals surface area contributed by atoms with E-state index in [9.17, 15) is 15.3 Å². The molecule has 0 radical (unpaired) electrons. The van der Waals surface area contributed by atoms with Crippen molar-refractivity contribution >= 4 is 24.5 Å². The minimum atomic E-state index is -0.561. The molecule has 0 saturated heterocycles. The van der Waals surface area contributed by atoms with E-state index in [0.29, 0.717) is 16.9 Å². The standard InChI is InChI=1S/C20H21N5O3S/c1-20(2,3)28-19(26)24-8-9-27-13-6-4-12(5-7-13)16-14(10-21)17(23)25-18(29)15(16)11-22/h4-7H,8-9H2,1-3H3,(H,24,26)(H3,23,25,29). The van der Waals surface area contributed by atoms with Crippen LogP contribution in [0.4, 0.5) is 10.6 Å². The molecular formula is C20H21N5O3S. The normalized spacial score (nSPS) is 10.6. The van der Waals surface area contributed by atoms with Crippen molar-refractivity contribution in [3.63, 3.8) is 0 Å². The minimum Gasteiger partial charge on any atom is -0.492 e. The third kappa shape index (κ3) is 5.77. The van der Waals surface area contributed by atoms with Gasteiger partial charge in [0.2, 0.25) is 0 Å². The number of aromatic nitrogens is 1. The Labute approximate surface area is 174 Å². The highest BCUT2D eigenvalue weighted by atomic mass is 32.1. The van der Waals surface area contributed by atoms with Crippen LogP contribution in [-0.2, 0) is 4.74 Å². The maximum Gasteiger partial charge on any atom is 0.407 e. The average molecular weight is 411 g/mol. The highest BCUT2D eigenvalue weighted by molar-refractivity contribution is 7.80. The Bertz CT molecular complexity index is 947. The Morgan fingerprint density at radius 1 is 1.21 bits per heavy atom. The summed E-state index contributed by atoms with van der Waals surface area (Å²) in [6.07, 6.45) is -0.512. The van der Waals surface area contributed by atoms with Crippen molar-refractivity contribution in [2.24, 2.45) is 0 Å². The summed E-state index contributed by atoms with van der Waals surface area (Å²) >= 11 is 4.18. The van der Waals surface area contributed by atoms with Gasteiger partial charge >= 0.3 is 6.09 Å². The largest absolute Gasteiger partial charge is 0.492 e. The number of rotatable bonds is 5. The molecule has 1 aromatic heterocycles. The van der Waals surface area contributed by atoms with Crippen LogP contribution in [0, 0.1) is 22.7 Å². The molecule has 1 aromatic carbocycles. The summed E-state index contributed by atoms with van der Waals surface area (Å²) in [5.74, 6) is 0.574. The SMILES string of the molecule is CC(C)(C)OC(=O)NCCOc1ccc(-c2c(C#N)c(N)nc(S)c2C#N)cc1. The highest BCUT2D eigenvalue weighted by Crippen LogP contribution is 2.33. The van der Waals surface area contributed by atoms with Crippen LogP contribution in [0.5, 0.6) is 5.75 Å². The number of hydrogen-bond donors (Lipinski definition) is 3. The second-order valence-corrected chi connectivity index (χ2v) is 7.39. The molecule has 1 heterocycles. The summed E-state index contributed by atoms with van der Waals surface area (Å²) in [4.78, 5) is 15.5. The van der Waals surface area contributed by atoms with Gasteiger partial charge in [0.1, 0.15) is 46.5 Å². The van der Waals surface area contributed by atoms with Gasteiger partial charge in [-0.25, -0.2) is 9.78 Å². The van der Waals surface area contributed by atoms with Crippen LogP contribution in [0.3, 0.4) is 0 Å². The molecule has 2 rings (SSSR count). The van der Waals surface area contributed by atoms with E-state index in [1.54, 1.807) is 45.0 Å². The van der Waals surface area contributed by atoms with E-state index in [2.05, 4.69) is 22.9 Å². The minimum absolute atomic E-state index is 0.0139. The molecule has 8 nitrogen and oxygen atoms in total. The Morgan fingerprint density at radius 2 is 1.83 bits per heavy atom. The number of ether oxygens (including phenoxy) is 2. The van der Waals surface area contributed by atoms with E-state index in [1.165, 1.54) is 0 Å². The Balaban J connectivity index is 2.08. The van der Waals surface area contributed by atoms with E-state index in [0.717, 1.165) is 0 Å². The van der Waals surface area contributed by atoms with Crippen molar-refractivity contribution in [1.82, 2.24) is 10.3 Å². The molecule has 9 heteroatoms. The lowest BCUT2D eigenvalue weighted by Gasteiger charge is -2.19. The van der Waals surface area contributed by atoms with Crippen LogP contribution < -0.4 is 15.8 Å². The number of alkyl carbamates (subject to hydrolysis) is 1. The van der Waals surface area contributed by atoms with E-state index in [4.69, 9.17) is 15.2 Å². The van der Waals surface area contributed by atoms with E-state index >= 15 is 0 Å². The molecule has 0 aliphatic rings. The fraction of sp³-hybridized carbons (Fsp3) is 0.300. The van der Waals surface area contributed by atoms with Crippen LogP contribution in [0.15, 0.2) is 29.3 Å². The van der Waals surface area contributed by atoms with Gasteiger partial charge in [-0.15, -0.1) is 12.6 Å². The first-order valence-corrected chi connectivity index (χ1v) is 9.13. The lowest BCUT2D eigenvalue weighted by molar-refractivity contribution is 0.0520. The molecule has 2 aromatic rings. The Kier molecular flexibility index (Phi) is 6.92. The molecule has 29 heavy (non-hydrogen) atoms. The van der Waals surface area contributed by atoms with E-state index in [-0.39, 0.29) is 35.1 Å². The molecule has 0 bridgehead atoms. The maximum atomic E-state index is 11.6. The smallest absolute Gasteiger partial charge is 0.407 e. The fourth-order valence-electron chi connectivity index (χ4n) is 2.45. The number of thiol groups is 1. The third-order valence-electron chi connectivity index (χ3n) is 3.61. The maximum absolute atomic E-state index is 11.6. The zero-order valence-electron chi connectivity index (χ0n) is 16.3. The molecule has 0 fully saturated rings. The van der Waals surface area contributed by atoms with E-state index in [1.807, 2.05) is 12.1 Å². The second kappa shape index (κ2) is 9.18. The van der Waals surface area contributed by atoms with Crippen molar-refractivity contribution < 1.29 is 14.3 Å². The van der Waals surface area contributed by atoms with Gasteiger partial charge in [0.15, 0.2) is 0 Å². The molecule has 150 valence electrons. The molecule has 0 atom stereocenters. The monoisotopic (exact) mass is 411 g/mol. The average Bonchev–Trinajstić information content (AvgIpc) is 2.64. The number of carbonyl (C=O) groups is 1. The molecule has 0 spiro atoms. The van der Waals surface area contributed by atoms with Crippen LogP contribution >= 0.6 is 12.6 Å². The first-order chi connectivity index (χ1) is 13.7. The predicted molar refractivity (Wildman–Crippen MR) is 110 cm³/mol. The number of nitrogens with two attached hydrogens (primary N) is 1. The number of hydrogen-bond acceptors (Lipinski definition) is 8. The van der Waals surface area contributed by atoms with Gasteiger partial charge in [-0.05, 0) is 38.5 Å². The van der Waals surface area contributed by atoms with Crippen molar-refractivity contribution in [2.45, 2.75) is 31.4 Å². The third-order valence-corrected chi connectivity index (χ3v) is 3.94. The number of nitrogens with zero attached hydrogens (tertiary/aromatic N) is 3. The first-order valence-electron chi connectivity index (χ1n) is 8.69. The molecule has 0 unspecified atom stereocenters. The predicted octanol–water partition coefficient (Wildman–Crippen LogP) is 3.27. The fourth-order valence-corrected chi connectivity index (χ4v) is 2.72. The quantitative estimate of drug-likeness (QED) is 0.508. The second-order valence-electron chi connectivity index (χ2n) is 6.97. The molecule has 1 amide bonds. The van der Waals surface area contributed by atoms with Gasteiger partial charge in [-0.2, -0.15) is 10.5 Å². The molecule has 0 aliphatic carbocycles. The summed E-state index contributed by atoms with van der Waals surface area (Å²) in [5, 5.41) is 21.6. The summed E-state index contributed by atoms with van der Waals surface area (Å²) < 4.78 is 10.7. The molecular weight excluding hydrogens is 390 g/mol. The number of amides is 1. The number of pyridine rings is 1. The molecule has 0 aliphatic heterocycles. The molecule has 0 saturated carbocycles. The van der Waals surface area contributed by atoms with Gasteiger partial charge < -0.3 is 20.5 Å². The summed E-state index contributed by atoms with van der Waals surface area (Å²) in [5.41, 5.74) is 6.53. The van der Waals surface area contributed by atoms with Crippen molar-refractivity contribution in [3.8, 4) is 29.0 Å². The number of anilines is 1. The number of nitriles is 2. The Morgan fingerprint density at radius 3 is 2.38 bits per heavy atom. The first kappa shape index (κ1) is 21.9. The lowest BCUT2D eigenvalue weighted by atomic mass is 9.97. The van der Waals surface area contributed by atoms with Gasteiger partial charge in [-0.1, -0.05) is 12.1 Å².